The highest BCUT2D eigenvalue weighted by molar-refractivity contribution is 5.81. The topological polar surface area (TPSA) is 108 Å². The molecule has 1 aromatic carbocycles. The molecule has 3 aromatic rings. The standard InChI is InChI=1S/C23H28FN7O/c24-20-11-15(1-2-21(20)26)22-19(13-27-23(29-22)30-7-3-17(25)4-8-30)16-12-28-31(14-16)18-5-9-32-10-6-18/h1-2,11-14,17-18H,3-10,25-26H2. The van der Waals surface area contributed by atoms with Crippen LogP contribution in [0.2, 0.25) is 0 Å². The van der Waals surface area contributed by atoms with E-state index in [9.17, 15) is 4.39 Å². The maximum atomic E-state index is 14.3. The normalized spacial score (nSPS) is 18.2. The first-order chi connectivity index (χ1) is 15.6. The first kappa shape index (κ1) is 20.8. The van der Waals surface area contributed by atoms with Crippen molar-refractivity contribution in [2.45, 2.75) is 37.8 Å². The van der Waals surface area contributed by atoms with Crippen LogP contribution >= 0.6 is 0 Å². The molecule has 2 aromatic heterocycles. The Morgan fingerprint density at radius 3 is 2.56 bits per heavy atom. The minimum Gasteiger partial charge on any atom is -0.396 e. The van der Waals surface area contributed by atoms with Crippen molar-refractivity contribution in [2.24, 2.45) is 5.73 Å². The van der Waals surface area contributed by atoms with Gasteiger partial charge in [-0.2, -0.15) is 5.10 Å². The van der Waals surface area contributed by atoms with E-state index in [2.05, 4.69) is 15.0 Å². The average molecular weight is 438 g/mol. The number of nitrogen functional groups attached to an aromatic ring is 1. The SMILES string of the molecule is Nc1ccc(-c2nc(N3CCC(N)CC3)ncc2-c2cnn(C3CCOCC3)c2)cc1F. The van der Waals surface area contributed by atoms with Crippen molar-refractivity contribution in [1.29, 1.82) is 0 Å². The van der Waals surface area contributed by atoms with E-state index in [1.165, 1.54) is 6.07 Å². The zero-order valence-electron chi connectivity index (χ0n) is 18.0. The summed E-state index contributed by atoms with van der Waals surface area (Å²) in [7, 11) is 0. The third kappa shape index (κ3) is 4.18. The first-order valence-corrected chi connectivity index (χ1v) is 11.1. The fourth-order valence-corrected chi connectivity index (χ4v) is 4.36. The van der Waals surface area contributed by atoms with Crippen LogP contribution in [0.3, 0.4) is 0 Å². The van der Waals surface area contributed by atoms with Crippen LogP contribution in [0.4, 0.5) is 16.0 Å². The Bertz CT molecular complexity index is 1090. The molecule has 4 N–H and O–H groups in total. The quantitative estimate of drug-likeness (QED) is 0.604. The van der Waals surface area contributed by atoms with Gasteiger partial charge in [0.2, 0.25) is 5.95 Å². The number of halogens is 1. The Labute approximate surface area is 186 Å². The predicted octanol–water partition coefficient (Wildman–Crippen LogP) is 3.01. The summed E-state index contributed by atoms with van der Waals surface area (Å²) in [5, 5.41) is 4.59. The molecule has 0 unspecified atom stereocenters. The number of hydrogen-bond acceptors (Lipinski definition) is 7. The third-order valence-corrected chi connectivity index (χ3v) is 6.35. The molecule has 0 aliphatic carbocycles. The lowest BCUT2D eigenvalue weighted by Gasteiger charge is -2.30. The number of hydrogen-bond donors (Lipinski definition) is 2. The van der Waals surface area contributed by atoms with E-state index in [-0.39, 0.29) is 11.7 Å². The smallest absolute Gasteiger partial charge is 0.225 e. The van der Waals surface area contributed by atoms with Crippen LogP contribution in [-0.4, -0.2) is 52.1 Å². The maximum Gasteiger partial charge on any atom is 0.225 e. The first-order valence-electron chi connectivity index (χ1n) is 11.1. The molecule has 0 saturated carbocycles. The minimum atomic E-state index is -0.463. The molecule has 32 heavy (non-hydrogen) atoms. The number of aromatic nitrogens is 4. The molecule has 2 saturated heterocycles. The second-order valence-electron chi connectivity index (χ2n) is 8.55. The number of benzene rings is 1. The van der Waals surface area contributed by atoms with Crippen molar-refractivity contribution >= 4 is 11.6 Å². The minimum absolute atomic E-state index is 0.113. The summed E-state index contributed by atoms with van der Waals surface area (Å²) in [6, 6.07) is 5.32. The van der Waals surface area contributed by atoms with Gasteiger partial charge >= 0.3 is 0 Å². The summed E-state index contributed by atoms with van der Waals surface area (Å²) < 4.78 is 21.8. The zero-order valence-corrected chi connectivity index (χ0v) is 18.0. The Kier molecular flexibility index (Phi) is 5.75. The lowest BCUT2D eigenvalue weighted by molar-refractivity contribution is 0.0662. The van der Waals surface area contributed by atoms with Crippen LogP contribution in [-0.2, 0) is 4.74 Å². The highest BCUT2D eigenvalue weighted by Gasteiger charge is 2.22. The molecule has 2 aliphatic heterocycles. The van der Waals surface area contributed by atoms with Gasteiger partial charge in [-0.15, -0.1) is 0 Å². The lowest BCUT2D eigenvalue weighted by atomic mass is 10.0. The van der Waals surface area contributed by atoms with Gasteiger partial charge in [-0.1, -0.05) is 6.07 Å². The molecule has 0 amide bonds. The van der Waals surface area contributed by atoms with Crippen molar-refractivity contribution in [1.82, 2.24) is 19.7 Å². The van der Waals surface area contributed by atoms with Crippen LogP contribution in [0.25, 0.3) is 22.4 Å². The fraction of sp³-hybridized carbons (Fsp3) is 0.435. The maximum absolute atomic E-state index is 14.3. The van der Waals surface area contributed by atoms with E-state index < -0.39 is 5.82 Å². The van der Waals surface area contributed by atoms with Crippen molar-refractivity contribution in [2.75, 3.05) is 36.9 Å². The van der Waals surface area contributed by atoms with Crippen LogP contribution in [0, 0.1) is 5.82 Å². The molecule has 168 valence electrons. The number of nitrogens with zero attached hydrogens (tertiary/aromatic N) is 5. The van der Waals surface area contributed by atoms with Gasteiger partial charge in [0.15, 0.2) is 0 Å². The molecule has 0 spiro atoms. The number of ether oxygens (including phenoxy) is 1. The summed E-state index contributed by atoms with van der Waals surface area (Å²) in [5.41, 5.74) is 14.9. The van der Waals surface area contributed by atoms with E-state index in [1.54, 1.807) is 12.1 Å². The van der Waals surface area contributed by atoms with Gasteiger partial charge in [0.25, 0.3) is 0 Å². The van der Waals surface area contributed by atoms with Crippen LogP contribution in [0.1, 0.15) is 31.7 Å². The number of anilines is 2. The van der Waals surface area contributed by atoms with E-state index in [0.717, 1.165) is 63.1 Å². The molecular formula is C23H28FN7O. The molecule has 0 bridgehead atoms. The summed E-state index contributed by atoms with van der Waals surface area (Å²) in [6.45, 7) is 3.09. The van der Waals surface area contributed by atoms with Gasteiger partial charge in [-0.3, -0.25) is 4.68 Å². The van der Waals surface area contributed by atoms with Crippen molar-refractivity contribution in [3.8, 4) is 22.4 Å². The number of piperidine rings is 1. The monoisotopic (exact) mass is 437 g/mol. The van der Waals surface area contributed by atoms with E-state index in [1.807, 2.05) is 23.3 Å². The predicted molar refractivity (Wildman–Crippen MR) is 122 cm³/mol. The van der Waals surface area contributed by atoms with Gasteiger partial charge in [-0.05, 0) is 37.8 Å². The highest BCUT2D eigenvalue weighted by Crippen LogP contribution is 2.34. The van der Waals surface area contributed by atoms with E-state index in [0.29, 0.717) is 23.2 Å². The van der Waals surface area contributed by atoms with Crippen LogP contribution in [0.15, 0.2) is 36.8 Å². The summed E-state index contributed by atoms with van der Waals surface area (Å²) >= 11 is 0. The van der Waals surface area contributed by atoms with Crippen molar-refractivity contribution < 1.29 is 9.13 Å². The fourth-order valence-electron chi connectivity index (χ4n) is 4.36. The molecule has 0 radical (unpaired) electrons. The van der Waals surface area contributed by atoms with Crippen LogP contribution in [0.5, 0.6) is 0 Å². The Morgan fingerprint density at radius 2 is 1.81 bits per heavy atom. The number of nitrogens with two attached hydrogens (primary N) is 2. The molecule has 2 aliphatic rings. The Balaban J connectivity index is 1.54. The molecule has 0 atom stereocenters. The molecular weight excluding hydrogens is 409 g/mol. The summed E-state index contributed by atoms with van der Waals surface area (Å²) in [4.78, 5) is 11.7. The third-order valence-electron chi connectivity index (χ3n) is 6.35. The van der Waals surface area contributed by atoms with Gasteiger partial charge in [0.05, 0.1) is 23.6 Å². The van der Waals surface area contributed by atoms with E-state index in [4.69, 9.17) is 21.2 Å². The summed E-state index contributed by atoms with van der Waals surface area (Å²) in [6.07, 6.45) is 9.32. The highest BCUT2D eigenvalue weighted by atomic mass is 19.1. The van der Waals surface area contributed by atoms with Gasteiger partial charge in [0, 0.05) is 61.4 Å². The average Bonchev–Trinajstić information content (AvgIpc) is 3.32. The largest absolute Gasteiger partial charge is 0.396 e. The molecule has 4 heterocycles. The molecule has 2 fully saturated rings. The van der Waals surface area contributed by atoms with Crippen molar-refractivity contribution in [3.05, 3.63) is 42.6 Å². The molecule has 8 nitrogen and oxygen atoms in total. The number of rotatable bonds is 4. The summed E-state index contributed by atoms with van der Waals surface area (Å²) in [5.74, 6) is 0.167. The van der Waals surface area contributed by atoms with Crippen LogP contribution < -0.4 is 16.4 Å². The van der Waals surface area contributed by atoms with Gasteiger partial charge in [0.1, 0.15) is 5.82 Å². The van der Waals surface area contributed by atoms with Gasteiger partial charge in [-0.25, -0.2) is 14.4 Å². The molecule has 5 rings (SSSR count). The lowest BCUT2D eigenvalue weighted by Crippen LogP contribution is -2.40. The van der Waals surface area contributed by atoms with Gasteiger partial charge < -0.3 is 21.1 Å². The zero-order chi connectivity index (χ0) is 22.1. The second kappa shape index (κ2) is 8.84. The Hall–Kier alpha value is -3.04. The molecule has 9 heteroatoms. The Morgan fingerprint density at radius 1 is 1.03 bits per heavy atom. The van der Waals surface area contributed by atoms with E-state index >= 15 is 0 Å². The van der Waals surface area contributed by atoms with Crippen molar-refractivity contribution in [3.63, 3.8) is 0 Å². The second-order valence-corrected chi connectivity index (χ2v) is 8.55.